The summed E-state index contributed by atoms with van der Waals surface area (Å²) in [6, 6.07) is 4.60. The molecule has 1 aromatic rings. The SMILES string of the molecule is Cc1ccc(C(=O)N[C@@]2(C)CCS(=O)(=O)C2)cc1S(=O)(=O)N1CCCCC1. The van der Waals surface area contributed by atoms with E-state index in [9.17, 15) is 21.6 Å². The van der Waals surface area contributed by atoms with Gasteiger partial charge in [0, 0.05) is 18.7 Å². The van der Waals surface area contributed by atoms with Crippen LogP contribution in [0.4, 0.5) is 0 Å². The molecule has 2 aliphatic heterocycles. The number of hydrogen-bond donors (Lipinski definition) is 1. The van der Waals surface area contributed by atoms with Gasteiger partial charge < -0.3 is 5.32 Å². The predicted octanol–water partition coefficient (Wildman–Crippen LogP) is 1.48. The van der Waals surface area contributed by atoms with Crippen molar-refractivity contribution in [3.63, 3.8) is 0 Å². The van der Waals surface area contributed by atoms with Gasteiger partial charge in [0.1, 0.15) is 0 Å². The van der Waals surface area contributed by atoms with Crippen LogP contribution in [0.2, 0.25) is 0 Å². The zero-order valence-corrected chi connectivity index (χ0v) is 17.3. The van der Waals surface area contributed by atoms with Gasteiger partial charge in [-0.2, -0.15) is 4.31 Å². The number of carbonyl (C=O) groups excluding carboxylic acids is 1. The Morgan fingerprint density at radius 3 is 2.44 bits per heavy atom. The summed E-state index contributed by atoms with van der Waals surface area (Å²) < 4.78 is 50.9. The van der Waals surface area contributed by atoms with E-state index in [0.717, 1.165) is 19.3 Å². The van der Waals surface area contributed by atoms with E-state index in [1.165, 1.54) is 10.4 Å². The van der Waals surface area contributed by atoms with Crippen LogP contribution in [0, 0.1) is 6.92 Å². The Morgan fingerprint density at radius 1 is 1.19 bits per heavy atom. The first-order valence-electron chi connectivity index (χ1n) is 9.16. The van der Waals surface area contributed by atoms with Gasteiger partial charge in [0.15, 0.2) is 9.84 Å². The molecule has 0 aromatic heterocycles. The van der Waals surface area contributed by atoms with Gasteiger partial charge in [-0.15, -0.1) is 0 Å². The van der Waals surface area contributed by atoms with Crippen LogP contribution in [0.5, 0.6) is 0 Å². The molecular formula is C18H26N2O5S2. The van der Waals surface area contributed by atoms with Gasteiger partial charge in [0.05, 0.1) is 21.9 Å². The molecule has 0 radical (unpaired) electrons. The molecule has 150 valence electrons. The second-order valence-electron chi connectivity index (χ2n) is 7.80. The van der Waals surface area contributed by atoms with Crippen LogP contribution >= 0.6 is 0 Å². The highest BCUT2D eigenvalue weighted by Crippen LogP contribution is 2.26. The van der Waals surface area contributed by atoms with E-state index in [-0.39, 0.29) is 22.0 Å². The number of nitrogens with zero attached hydrogens (tertiary/aromatic N) is 1. The Hall–Kier alpha value is -1.45. The number of benzene rings is 1. The molecule has 1 aromatic carbocycles. The molecular weight excluding hydrogens is 388 g/mol. The van der Waals surface area contributed by atoms with Crippen LogP contribution in [0.1, 0.15) is 48.5 Å². The minimum atomic E-state index is -3.65. The summed E-state index contributed by atoms with van der Waals surface area (Å²) in [7, 11) is -6.80. The van der Waals surface area contributed by atoms with Gasteiger partial charge >= 0.3 is 0 Å². The molecule has 1 atom stereocenters. The zero-order chi connectivity index (χ0) is 19.9. The van der Waals surface area contributed by atoms with E-state index in [1.807, 2.05) is 0 Å². The van der Waals surface area contributed by atoms with Gasteiger partial charge in [-0.3, -0.25) is 4.79 Å². The third-order valence-corrected chi connectivity index (χ3v) is 9.25. The van der Waals surface area contributed by atoms with Crippen molar-refractivity contribution < 1.29 is 21.6 Å². The number of carbonyl (C=O) groups is 1. The van der Waals surface area contributed by atoms with Crippen LogP contribution in [0.3, 0.4) is 0 Å². The number of rotatable bonds is 4. The second kappa shape index (κ2) is 7.18. The Kier molecular flexibility index (Phi) is 5.39. The quantitative estimate of drug-likeness (QED) is 0.804. The maximum Gasteiger partial charge on any atom is 0.251 e. The van der Waals surface area contributed by atoms with Crippen molar-refractivity contribution >= 4 is 25.8 Å². The van der Waals surface area contributed by atoms with Gasteiger partial charge in [-0.05, 0) is 50.8 Å². The molecule has 0 spiro atoms. The number of aryl methyl sites for hydroxylation is 1. The summed E-state index contributed by atoms with van der Waals surface area (Å²) in [6.07, 6.45) is 3.05. The number of hydrogen-bond acceptors (Lipinski definition) is 5. The summed E-state index contributed by atoms with van der Waals surface area (Å²) in [5.74, 6) is -0.507. The van der Waals surface area contributed by atoms with Crippen LogP contribution in [0.15, 0.2) is 23.1 Å². The number of piperidine rings is 1. The van der Waals surface area contributed by atoms with Crippen molar-refractivity contribution in [1.29, 1.82) is 0 Å². The Bertz CT molecular complexity index is 950. The third-order valence-electron chi connectivity index (χ3n) is 5.30. The van der Waals surface area contributed by atoms with Crippen molar-refractivity contribution in [3.05, 3.63) is 29.3 Å². The van der Waals surface area contributed by atoms with Crippen LogP contribution in [0.25, 0.3) is 0 Å². The number of sulfonamides is 1. The monoisotopic (exact) mass is 414 g/mol. The lowest BCUT2D eigenvalue weighted by molar-refractivity contribution is 0.0915. The molecule has 7 nitrogen and oxygen atoms in total. The fourth-order valence-corrected chi connectivity index (χ4v) is 7.58. The van der Waals surface area contributed by atoms with E-state index in [4.69, 9.17) is 0 Å². The van der Waals surface area contributed by atoms with Gasteiger partial charge in [0.2, 0.25) is 10.0 Å². The van der Waals surface area contributed by atoms with Crippen molar-refractivity contribution in [2.45, 2.75) is 50.0 Å². The third kappa shape index (κ3) is 4.35. The van der Waals surface area contributed by atoms with Crippen molar-refractivity contribution in [2.75, 3.05) is 24.6 Å². The second-order valence-corrected chi connectivity index (χ2v) is 11.9. The smallest absolute Gasteiger partial charge is 0.251 e. The maximum atomic E-state index is 13.0. The highest BCUT2D eigenvalue weighted by atomic mass is 32.2. The van der Waals surface area contributed by atoms with E-state index in [2.05, 4.69) is 5.32 Å². The summed E-state index contributed by atoms with van der Waals surface area (Å²) >= 11 is 0. The van der Waals surface area contributed by atoms with E-state index in [1.54, 1.807) is 26.0 Å². The molecule has 0 aliphatic carbocycles. The first-order chi connectivity index (χ1) is 12.5. The Labute approximate surface area is 161 Å². The minimum Gasteiger partial charge on any atom is -0.346 e. The largest absolute Gasteiger partial charge is 0.346 e. The molecule has 0 unspecified atom stereocenters. The van der Waals surface area contributed by atoms with Crippen molar-refractivity contribution in [3.8, 4) is 0 Å². The molecule has 27 heavy (non-hydrogen) atoms. The maximum absolute atomic E-state index is 13.0. The van der Waals surface area contributed by atoms with Crippen LogP contribution in [-0.2, 0) is 19.9 Å². The summed E-state index contributed by atoms with van der Waals surface area (Å²) in [6.45, 7) is 4.40. The van der Waals surface area contributed by atoms with Gasteiger partial charge in [-0.1, -0.05) is 12.5 Å². The lowest BCUT2D eigenvalue weighted by atomic mass is 10.0. The number of amides is 1. The van der Waals surface area contributed by atoms with Gasteiger partial charge in [0.25, 0.3) is 5.91 Å². The van der Waals surface area contributed by atoms with E-state index < -0.39 is 31.3 Å². The lowest BCUT2D eigenvalue weighted by Gasteiger charge is -2.27. The zero-order valence-electron chi connectivity index (χ0n) is 15.7. The normalized spacial score (nSPS) is 26.0. The highest BCUT2D eigenvalue weighted by Gasteiger charge is 2.39. The minimum absolute atomic E-state index is 0.0479. The Morgan fingerprint density at radius 2 is 1.85 bits per heavy atom. The fourth-order valence-electron chi connectivity index (χ4n) is 3.72. The molecule has 3 rings (SSSR count). The summed E-state index contributed by atoms with van der Waals surface area (Å²) in [5, 5.41) is 2.78. The average molecular weight is 415 g/mol. The van der Waals surface area contributed by atoms with Crippen LogP contribution < -0.4 is 5.32 Å². The summed E-state index contributed by atoms with van der Waals surface area (Å²) in [5.41, 5.74) is -0.0133. The summed E-state index contributed by atoms with van der Waals surface area (Å²) in [4.78, 5) is 12.8. The van der Waals surface area contributed by atoms with Crippen molar-refractivity contribution in [1.82, 2.24) is 9.62 Å². The van der Waals surface area contributed by atoms with E-state index >= 15 is 0 Å². The molecule has 0 saturated carbocycles. The molecule has 1 amide bonds. The highest BCUT2D eigenvalue weighted by molar-refractivity contribution is 7.91. The molecule has 2 fully saturated rings. The average Bonchev–Trinajstić information content (AvgIpc) is 2.88. The standard InChI is InChI=1S/C18H26N2O5S2/c1-14-6-7-15(17(21)19-18(2)8-11-26(22,23)13-18)12-16(14)27(24,25)20-9-4-3-5-10-20/h6-7,12H,3-5,8-11,13H2,1-2H3,(H,19,21)/t18-/m0/s1. The fraction of sp³-hybridized carbons (Fsp3) is 0.611. The number of sulfone groups is 1. The molecule has 2 heterocycles. The first-order valence-corrected chi connectivity index (χ1v) is 12.4. The Balaban J connectivity index is 1.86. The molecule has 0 bridgehead atoms. The van der Waals surface area contributed by atoms with E-state index in [0.29, 0.717) is 25.1 Å². The molecule has 2 saturated heterocycles. The molecule has 2 aliphatic rings. The molecule has 1 N–H and O–H groups in total. The van der Waals surface area contributed by atoms with Gasteiger partial charge in [-0.25, -0.2) is 16.8 Å². The number of nitrogens with one attached hydrogen (secondary N) is 1. The van der Waals surface area contributed by atoms with Crippen LogP contribution in [-0.4, -0.2) is 57.2 Å². The first kappa shape index (κ1) is 20.3. The lowest BCUT2D eigenvalue weighted by Crippen LogP contribution is -2.47. The topological polar surface area (TPSA) is 101 Å². The predicted molar refractivity (Wildman–Crippen MR) is 103 cm³/mol. The van der Waals surface area contributed by atoms with Crippen molar-refractivity contribution in [2.24, 2.45) is 0 Å². The molecule has 9 heteroatoms.